The van der Waals surface area contributed by atoms with Crippen LogP contribution in [0.5, 0.6) is 0 Å². The summed E-state index contributed by atoms with van der Waals surface area (Å²) in [4.78, 5) is 35.2. The van der Waals surface area contributed by atoms with Gasteiger partial charge in [0.1, 0.15) is 17.8 Å². The van der Waals surface area contributed by atoms with Crippen LogP contribution in [-0.2, 0) is 7.05 Å². The van der Waals surface area contributed by atoms with E-state index in [4.69, 9.17) is 0 Å². The Morgan fingerprint density at radius 1 is 1.14 bits per heavy atom. The minimum atomic E-state index is -0.491. The van der Waals surface area contributed by atoms with Crippen LogP contribution in [0.3, 0.4) is 0 Å². The summed E-state index contributed by atoms with van der Waals surface area (Å²) in [6.07, 6.45) is 2.85. The van der Waals surface area contributed by atoms with E-state index in [2.05, 4.69) is 25.5 Å². The van der Waals surface area contributed by atoms with Crippen molar-refractivity contribution in [2.75, 3.05) is 19.4 Å². The van der Waals surface area contributed by atoms with Gasteiger partial charge >= 0.3 is 0 Å². The van der Waals surface area contributed by atoms with E-state index in [0.29, 0.717) is 17.3 Å². The molecule has 2 amide bonds. The van der Waals surface area contributed by atoms with Crippen molar-refractivity contribution in [3.63, 3.8) is 0 Å². The van der Waals surface area contributed by atoms with E-state index in [1.54, 1.807) is 27.2 Å². The lowest BCUT2D eigenvalue weighted by Crippen LogP contribution is -2.26. The number of anilines is 1. The summed E-state index contributed by atoms with van der Waals surface area (Å²) in [7, 11) is 4.83. The van der Waals surface area contributed by atoms with Crippen LogP contribution in [0.15, 0.2) is 48.9 Å². The van der Waals surface area contributed by atoms with Crippen LogP contribution in [0.2, 0.25) is 0 Å². The maximum atomic E-state index is 12.8. The van der Waals surface area contributed by atoms with Crippen molar-refractivity contribution >= 4 is 23.3 Å². The number of carbonyl (C=O) groups is 2. The molecule has 4 aromatic rings. The summed E-state index contributed by atoms with van der Waals surface area (Å²) in [5.41, 5.74) is 1.77. The molecule has 0 fully saturated rings. The maximum absolute atomic E-state index is 12.8. The molecule has 0 unspecified atom stereocenters. The molecule has 0 bridgehead atoms. The lowest BCUT2D eigenvalue weighted by molar-refractivity contribution is 0.0821. The van der Waals surface area contributed by atoms with Gasteiger partial charge in [-0.1, -0.05) is 30.3 Å². The molecule has 0 atom stereocenters. The Hall–Kier alpha value is -4.08. The molecule has 10 nitrogen and oxygen atoms in total. The van der Waals surface area contributed by atoms with Crippen molar-refractivity contribution in [2.45, 2.75) is 0 Å². The van der Waals surface area contributed by atoms with E-state index in [9.17, 15) is 9.59 Å². The van der Waals surface area contributed by atoms with Gasteiger partial charge in [0, 0.05) is 32.8 Å². The monoisotopic (exact) mass is 390 g/mol. The zero-order valence-electron chi connectivity index (χ0n) is 16.1. The molecule has 0 aliphatic carbocycles. The van der Waals surface area contributed by atoms with E-state index in [0.717, 1.165) is 5.56 Å². The zero-order chi connectivity index (χ0) is 20.5. The molecule has 10 heteroatoms. The second-order valence-corrected chi connectivity index (χ2v) is 6.56. The summed E-state index contributed by atoms with van der Waals surface area (Å²) in [5, 5.41) is 11.1. The number of benzene rings is 1. The first-order valence-electron chi connectivity index (χ1n) is 8.77. The maximum Gasteiger partial charge on any atom is 0.275 e. The lowest BCUT2D eigenvalue weighted by atomic mass is 10.2. The molecule has 0 aliphatic heterocycles. The van der Waals surface area contributed by atoms with Crippen LogP contribution in [-0.4, -0.2) is 60.2 Å². The van der Waals surface area contributed by atoms with E-state index < -0.39 is 5.91 Å². The number of nitrogens with zero attached hydrogens (tertiary/aromatic N) is 7. The Bertz CT molecular complexity index is 1210. The van der Waals surface area contributed by atoms with E-state index in [1.165, 1.54) is 26.6 Å². The molecule has 0 aliphatic rings. The molecule has 1 aromatic carbocycles. The fourth-order valence-electron chi connectivity index (χ4n) is 2.85. The van der Waals surface area contributed by atoms with Gasteiger partial charge in [0.2, 0.25) is 0 Å². The number of nitrogens with one attached hydrogen (secondary N) is 1. The number of hydrogen-bond acceptors (Lipinski definition) is 6. The number of aromatic nitrogens is 6. The molecule has 4 rings (SSSR count). The van der Waals surface area contributed by atoms with Gasteiger partial charge in [-0.3, -0.25) is 14.3 Å². The Kier molecular flexibility index (Phi) is 4.51. The normalized spacial score (nSPS) is 10.9. The molecule has 146 valence electrons. The lowest BCUT2D eigenvalue weighted by Gasteiger charge is -2.11. The van der Waals surface area contributed by atoms with Crippen molar-refractivity contribution in [3.8, 4) is 11.4 Å². The van der Waals surface area contributed by atoms with Crippen LogP contribution in [0, 0.1) is 0 Å². The SMILES string of the molecule is CN(C)C(=O)c1cnn(C)c1C(=O)Nc1cc2nc(-c3ccccc3)nn2cn1. The van der Waals surface area contributed by atoms with E-state index >= 15 is 0 Å². The highest BCUT2D eigenvalue weighted by Gasteiger charge is 2.23. The number of amides is 2. The van der Waals surface area contributed by atoms with Crippen molar-refractivity contribution < 1.29 is 9.59 Å². The highest BCUT2D eigenvalue weighted by molar-refractivity contribution is 6.10. The Labute approximate surface area is 165 Å². The summed E-state index contributed by atoms with van der Waals surface area (Å²) >= 11 is 0. The van der Waals surface area contributed by atoms with Crippen LogP contribution < -0.4 is 5.32 Å². The molecule has 3 heterocycles. The fourth-order valence-corrected chi connectivity index (χ4v) is 2.85. The topological polar surface area (TPSA) is 110 Å². The standard InChI is InChI=1S/C19H18N8O2/c1-25(2)19(29)13-10-21-26(3)16(13)18(28)22-14-9-15-23-17(24-27(15)11-20-14)12-7-5-4-6-8-12/h4-11H,1-3H3,(H,22,28). The smallest absolute Gasteiger partial charge is 0.275 e. The first-order chi connectivity index (χ1) is 13.9. The van der Waals surface area contributed by atoms with Crippen molar-refractivity contribution in [1.82, 2.24) is 34.3 Å². The quantitative estimate of drug-likeness (QED) is 0.565. The Morgan fingerprint density at radius 2 is 1.90 bits per heavy atom. The Balaban J connectivity index is 1.63. The van der Waals surface area contributed by atoms with E-state index in [-0.39, 0.29) is 17.2 Å². The average molecular weight is 390 g/mol. The van der Waals surface area contributed by atoms with Gasteiger partial charge in [-0.25, -0.2) is 14.5 Å². The van der Waals surface area contributed by atoms with Gasteiger partial charge < -0.3 is 10.2 Å². The van der Waals surface area contributed by atoms with Crippen molar-refractivity contribution in [2.24, 2.45) is 7.05 Å². The van der Waals surface area contributed by atoms with Gasteiger partial charge in [-0.15, -0.1) is 5.10 Å². The minimum absolute atomic E-state index is 0.150. The molecule has 1 N–H and O–H groups in total. The number of rotatable bonds is 4. The molecular weight excluding hydrogens is 372 g/mol. The fraction of sp³-hybridized carbons (Fsp3) is 0.158. The Morgan fingerprint density at radius 3 is 2.62 bits per heavy atom. The summed E-state index contributed by atoms with van der Waals surface area (Å²) in [6.45, 7) is 0. The minimum Gasteiger partial charge on any atom is -0.345 e. The van der Waals surface area contributed by atoms with Gasteiger partial charge in [0.15, 0.2) is 11.5 Å². The molecule has 3 aromatic heterocycles. The first kappa shape index (κ1) is 18.3. The average Bonchev–Trinajstić information content (AvgIpc) is 3.31. The van der Waals surface area contributed by atoms with Crippen LogP contribution in [0.25, 0.3) is 17.0 Å². The van der Waals surface area contributed by atoms with Crippen molar-refractivity contribution in [1.29, 1.82) is 0 Å². The van der Waals surface area contributed by atoms with Crippen LogP contribution in [0.4, 0.5) is 5.82 Å². The predicted octanol–water partition coefficient (Wildman–Crippen LogP) is 1.48. The molecule has 0 spiro atoms. The number of hydrogen-bond donors (Lipinski definition) is 1. The highest BCUT2D eigenvalue weighted by Crippen LogP contribution is 2.17. The first-order valence-corrected chi connectivity index (χ1v) is 8.77. The molecule has 0 saturated carbocycles. The highest BCUT2D eigenvalue weighted by atomic mass is 16.2. The number of fused-ring (bicyclic) bond motifs is 1. The van der Waals surface area contributed by atoms with Crippen LogP contribution in [0.1, 0.15) is 20.8 Å². The van der Waals surface area contributed by atoms with Gasteiger partial charge in [0.25, 0.3) is 11.8 Å². The number of aryl methyl sites for hydroxylation is 1. The molecule has 0 saturated heterocycles. The predicted molar refractivity (Wildman–Crippen MR) is 105 cm³/mol. The summed E-state index contributed by atoms with van der Waals surface area (Å²) in [5.74, 6) is 0.0480. The molecular formula is C19H18N8O2. The van der Waals surface area contributed by atoms with Gasteiger partial charge in [0.05, 0.1) is 11.8 Å². The second kappa shape index (κ2) is 7.15. The molecule has 29 heavy (non-hydrogen) atoms. The largest absolute Gasteiger partial charge is 0.345 e. The summed E-state index contributed by atoms with van der Waals surface area (Å²) < 4.78 is 2.89. The third-order valence-electron chi connectivity index (χ3n) is 4.29. The second-order valence-electron chi connectivity index (χ2n) is 6.56. The third-order valence-corrected chi connectivity index (χ3v) is 4.29. The third kappa shape index (κ3) is 3.43. The summed E-state index contributed by atoms with van der Waals surface area (Å²) in [6, 6.07) is 11.2. The molecule has 0 radical (unpaired) electrons. The van der Waals surface area contributed by atoms with Crippen molar-refractivity contribution in [3.05, 3.63) is 60.2 Å². The van der Waals surface area contributed by atoms with Crippen LogP contribution >= 0.6 is 0 Å². The van der Waals surface area contributed by atoms with Gasteiger partial charge in [-0.2, -0.15) is 5.10 Å². The number of carbonyl (C=O) groups excluding carboxylic acids is 2. The van der Waals surface area contributed by atoms with Gasteiger partial charge in [-0.05, 0) is 0 Å². The van der Waals surface area contributed by atoms with E-state index in [1.807, 2.05) is 30.3 Å². The zero-order valence-corrected chi connectivity index (χ0v) is 16.1.